The molecule has 1 aromatic carbocycles. The van der Waals surface area contributed by atoms with E-state index in [0.717, 1.165) is 18.0 Å². The average molecular weight is 238 g/mol. The summed E-state index contributed by atoms with van der Waals surface area (Å²) >= 11 is 1.53. The van der Waals surface area contributed by atoms with Crippen LogP contribution in [0.1, 0.15) is 12.5 Å². The summed E-state index contributed by atoms with van der Waals surface area (Å²) in [6, 6.07) is 8.02. The Morgan fingerprint density at radius 3 is 3.00 bits per heavy atom. The lowest BCUT2D eigenvalue weighted by Crippen LogP contribution is -2.10. The van der Waals surface area contributed by atoms with E-state index in [1.807, 2.05) is 38.1 Å². The molecule has 88 valence electrons. The minimum absolute atomic E-state index is 0.635. The van der Waals surface area contributed by atoms with Crippen LogP contribution in [0.3, 0.4) is 0 Å². The van der Waals surface area contributed by atoms with E-state index < -0.39 is 0 Å². The summed E-state index contributed by atoms with van der Waals surface area (Å²) in [5.74, 6) is 1.73. The molecule has 0 aliphatic heterocycles. The smallest absolute Gasteiger partial charge is 0.154 e. The van der Waals surface area contributed by atoms with Crippen molar-refractivity contribution in [2.75, 3.05) is 18.9 Å². The summed E-state index contributed by atoms with van der Waals surface area (Å²) in [6.07, 6.45) is 0. The molecule has 0 aromatic heterocycles. The number of aliphatic imine (C=N–C) groups is 1. The third-order valence-corrected chi connectivity index (χ3v) is 2.70. The Kier molecular flexibility index (Phi) is 5.78. The van der Waals surface area contributed by atoms with Crippen molar-refractivity contribution in [1.29, 1.82) is 0 Å². The number of hydrogen-bond donors (Lipinski definition) is 1. The van der Waals surface area contributed by atoms with Crippen molar-refractivity contribution in [2.45, 2.75) is 13.8 Å². The molecule has 0 saturated heterocycles. The van der Waals surface area contributed by atoms with E-state index in [4.69, 9.17) is 10.5 Å². The molecule has 0 bridgehead atoms. The summed E-state index contributed by atoms with van der Waals surface area (Å²) in [6.45, 7) is 5.40. The highest BCUT2D eigenvalue weighted by atomic mass is 32.2. The second-order valence-corrected chi connectivity index (χ2v) is 4.44. The topological polar surface area (TPSA) is 47.6 Å². The van der Waals surface area contributed by atoms with Gasteiger partial charge in [-0.15, -0.1) is 0 Å². The van der Waals surface area contributed by atoms with Gasteiger partial charge in [0.25, 0.3) is 0 Å². The molecule has 0 heterocycles. The van der Waals surface area contributed by atoms with Gasteiger partial charge in [0.05, 0.1) is 6.61 Å². The van der Waals surface area contributed by atoms with E-state index in [2.05, 4.69) is 4.99 Å². The van der Waals surface area contributed by atoms with Crippen molar-refractivity contribution in [3.05, 3.63) is 29.8 Å². The first-order valence-electron chi connectivity index (χ1n) is 5.34. The maximum Gasteiger partial charge on any atom is 0.154 e. The molecule has 0 aliphatic rings. The van der Waals surface area contributed by atoms with E-state index in [1.165, 1.54) is 17.3 Å². The van der Waals surface area contributed by atoms with Gasteiger partial charge in [-0.3, -0.25) is 4.99 Å². The number of ether oxygens (including phenoxy) is 1. The highest BCUT2D eigenvalue weighted by Gasteiger charge is 1.96. The molecule has 0 radical (unpaired) electrons. The molecule has 0 amide bonds. The van der Waals surface area contributed by atoms with Gasteiger partial charge in [0.1, 0.15) is 5.75 Å². The molecular weight excluding hydrogens is 220 g/mol. The van der Waals surface area contributed by atoms with Crippen LogP contribution in [-0.4, -0.2) is 24.1 Å². The Hall–Kier alpha value is -1.16. The van der Waals surface area contributed by atoms with E-state index in [0.29, 0.717) is 11.8 Å². The number of hydrogen-bond acceptors (Lipinski definition) is 3. The first-order valence-corrected chi connectivity index (χ1v) is 6.33. The van der Waals surface area contributed by atoms with Gasteiger partial charge >= 0.3 is 0 Å². The fraction of sp³-hybridized carbons (Fsp3) is 0.417. The second kappa shape index (κ2) is 7.17. The number of nitrogens with zero attached hydrogens (tertiary/aromatic N) is 1. The molecule has 0 spiro atoms. The molecule has 0 atom stereocenters. The molecule has 0 aliphatic carbocycles. The molecule has 0 fully saturated rings. The molecule has 0 unspecified atom stereocenters. The SMILES string of the molecule is CCN=C(N)SCCOc1cccc(C)c1. The Bertz CT molecular complexity index is 353. The van der Waals surface area contributed by atoms with E-state index in [1.54, 1.807) is 0 Å². The Labute approximate surface area is 101 Å². The number of rotatable bonds is 5. The molecule has 16 heavy (non-hydrogen) atoms. The van der Waals surface area contributed by atoms with E-state index in [9.17, 15) is 0 Å². The van der Waals surface area contributed by atoms with Gasteiger partial charge in [0.2, 0.25) is 0 Å². The van der Waals surface area contributed by atoms with Gasteiger partial charge in [-0.05, 0) is 31.5 Å². The number of benzene rings is 1. The summed E-state index contributed by atoms with van der Waals surface area (Å²) in [5.41, 5.74) is 6.85. The molecule has 3 nitrogen and oxygen atoms in total. The molecule has 4 heteroatoms. The highest BCUT2D eigenvalue weighted by molar-refractivity contribution is 8.13. The third kappa shape index (κ3) is 5.07. The van der Waals surface area contributed by atoms with Crippen LogP contribution in [0.5, 0.6) is 5.75 Å². The van der Waals surface area contributed by atoms with Crippen LogP contribution < -0.4 is 10.5 Å². The van der Waals surface area contributed by atoms with Crippen LogP contribution in [0.2, 0.25) is 0 Å². The zero-order valence-electron chi connectivity index (χ0n) is 9.77. The third-order valence-electron chi connectivity index (χ3n) is 1.91. The molecular formula is C12H18N2OS. The zero-order chi connectivity index (χ0) is 11.8. The lowest BCUT2D eigenvalue weighted by atomic mass is 10.2. The van der Waals surface area contributed by atoms with Gasteiger partial charge in [-0.2, -0.15) is 0 Å². The fourth-order valence-corrected chi connectivity index (χ4v) is 1.81. The predicted octanol–water partition coefficient (Wildman–Crippen LogP) is 2.44. The predicted molar refractivity (Wildman–Crippen MR) is 71.3 cm³/mol. The molecule has 1 aromatic rings. The maximum absolute atomic E-state index is 5.65. The fourth-order valence-electron chi connectivity index (χ4n) is 1.21. The van der Waals surface area contributed by atoms with Gasteiger partial charge in [0, 0.05) is 12.3 Å². The Morgan fingerprint density at radius 1 is 1.50 bits per heavy atom. The van der Waals surface area contributed by atoms with Gasteiger partial charge < -0.3 is 10.5 Å². The summed E-state index contributed by atoms with van der Waals surface area (Å²) in [4.78, 5) is 4.09. The largest absolute Gasteiger partial charge is 0.493 e. The normalized spacial score (nSPS) is 11.5. The minimum atomic E-state index is 0.635. The van der Waals surface area contributed by atoms with Crippen LogP contribution in [0, 0.1) is 6.92 Å². The van der Waals surface area contributed by atoms with E-state index in [-0.39, 0.29) is 0 Å². The quantitative estimate of drug-likeness (QED) is 0.487. The summed E-state index contributed by atoms with van der Waals surface area (Å²) in [7, 11) is 0. The Morgan fingerprint density at radius 2 is 2.31 bits per heavy atom. The first-order chi connectivity index (χ1) is 7.72. The number of amidine groups is 1. The molecule has 1 rings (SSSR count). The summed E-state index contributed by atoms with van der Waals surface area (Å²) < 4.78 is 5.58. The minimum Gasteiger partial charge on any atom is -0.493 e. The second-order valence-electron chi connectivity index (χ2n) is 3.33. The first kappa shape index (κ1) is 12.9. The van der Waals surface area contributed by atoms with Crippen LogP contribution in [0.25, 0.3) is 0 Å². The zero-order valence-corrected chi connectivity index (χ0v) is 10.6. The van der Waals surface area contributed by atoms with Crippen molar-refractivity contribution in [1.82, 2.24) is 0 Å². The van der Waals surface area contributed by atoms with Crippen molar-refractivity contribution < 1.29 is 4.74 Å². The van der Waals surface area contributed by atoms with Crippen molar-refractivity contribution in [3.8, 4) is 5.75 Å². The van der Waals surface area contributed by atoms with Gasteiger partial charge in [-0.1, -0.05) is 23.9 Å². The molecule has 0 saturated carbocycles. The van der Waals surface area contributed by atoms with Crippen molar-refractivity contribution in [3.63, 3.8) is 0 Å². The van der Waals surface area contributed by atoms with Crippen LogP contribution in [0.15, 0.2) is 29.3 Å². The monoisotopic (exact) mass is 238 g/mol. The van der Waals surface area contributed by atoms with Gasteiger partial charge in [0.15, 0.2) is 5.17 Å². The van der Waals surface area contributed by atoms with Crippen LogP contribution >= 0.6 is 11.8 Å². The van der Waals surface area contributed by atoms with E-state index >= 15 is 0 Å². The van der Waals surface area contributed by atoms with Crippen LogP contribution in [-0.2, 0) is 0 Å². The lowest BCUT2D eigenvalue weighted by molar-refractivity contribution is 0.344. The maximum atomic E-state index is 5.65. The standard InChI is InChI=1S/C12H18N2OS/c1-3-14-12(13)16-8-7-15-11-6-4-5-10(2)9-11/h4-6,9H,3,7-8H2,1-2H3,(H2,13,14). The van der Waals surface area contributed by atoms with Crippen molar-refractivity contribution >= 4 is 16.9 Å². The average Bonchev–Trinajstić information content (AvgIpc) is 2.25. The lowest BCUT2D eigenvalue weighted by Gasteiger charge is -2.06. The number of nitrogens with two attached hydrogens (primary N) is 1. The summed E-state index contributed by atoms with van der Waals surface area (Å²) in [5, 5.41) is 0.635. The Balaban J connectivity index is 2.23. The number of aryl methyl sites for hydroxylation is 1. The van der Waals surface area contributed by atoms with Crippen LogP contribution in [0.4, 0.5) is 0 Å². The van der Waals surface area contributed by atoms with Crippen molar-refractivity contribution in [2.24, 2.45) is 10.7 Å². The highest BCUT2D eigenvalue weighted by Crippen LogP contribution is 2.12. The van der Waals surface area contributed by atoms with Gasteiger partial charge in [-0.25, -0.2) is 0 Å². The number of thioether (sulfide) groups is 1. The molecule has 2 N–H and O–H groups in total.